The average molecular weight is 282 g/mol. The van der Waals surface area contributed by atoms with Gasteiger partial charge in [0.2, 0.25) is 5.91 Å². The molecule has 1 unspecified atom stereocenters. The summed E-state index contributed by atoms with van der Waals surface area (Å²) >= 11 is 0. The van der Waals surface area contributed by atoms with Crippen molar-refractivity contribution in [1.29, 1.82) is 0 Å². The third-order valence-electron chi connectivity index (χ3n) is 4.74. The van der Waals surface area contributed by atoms with Crippen molar-refractivity contribution in [2.24, 2.45) is 11.8 Å². The molecule has 1 heterocycles. The Bertz CT molecular complexity index is 383. The molecule has 4 atom stereocenters. The number of carbonyl (C=O) groups excluding carboxylic acids is 2. The van der Waals surface area contributed by atoms with Crippen LogP contribution in [0.4, 0.5) is 4.79 Å². The summed E-state index contributed by atoms with van der Waals surface area (Å²) in [5.41, 5.74) is 0. The molecule has 0 bridgehead atoms. The minimum absolute atomic E-state index is 0.0484. The third kappa shape index (κ3) is 2.76. The van der Waals surface area contributed by atoms with Crippen molar-refractivity contribution in [3.63, 3.8) is 0 Å². The summed E-state index contributed by atoms with van der Waals surface area (Å²) in [6.07, 6.45) is 4.10. The summed E-state index contributed by atoms with van der Waals surface area (Å²) in [4.78, 5) is 26.3. The number of nitrogens with zero attached hydrogens (tertiary/aromatic N) is 1. The van der Waals surface area contributed by atoms with E-state index in [1.165, 1.54) is 20.0 Å². The molecule has 0 aromatic rings. The van der Waals surface area contributed by atoms with Crippen molar-refractivity contribution in [3.05, 3.63) is 0 Å². The topological polar surface area (TPSA) is 58.6 Å². The molecule has 0 radical (unpaired) electrons. The van der Waals surface area contributed by atoms with Gasteiger partial charge in [-0.05, 0) is 38.0 Å². The van der Waals surface area contributed by atoms with Crippen molar-refractivity contribution >= 4 is 12.0 Å². The molecule has 5 nitrogen and oxygen atoms in total. The molecule has 114 valence electrons. The second kappa shape index (κ2) is 6.02. The van der Waals surface area contributed by atoms with E-state index < -0.39 is 12.1 Å². The van der Waals surface area contributed by atoms with Crippen molar-refractivity contribution in [2.45, 2.75) is 64.6 Å². The highest BCUT2D eigenvalue weighted by Gasteiger charge is 2.46. The number of methoxy groups -OCH3 is 1. The summed E-state index contributed by atoms with van der Waals surface area (Å²) in [6.45, 7) is 6.02. The van der Waals surface area contributed by atoms with Crippen LogP contribution in [0.5, 0.6) is 0 Å². The molecule has 0 aromatic carbocycles. The summed E-state index contributed by atoms with van der Waals surface area (Å²) in [6, 6.07) is 0.154. The van der Waals surface area contributed by atoms with Crippen LogP contribution < -0.4 is 5.32 Å². The first-order chi connectivity index (χ1) is 9.45. The van der Waals surface area contributed by atoms with E-state index in [1.807, 2.05) is 18.7 Å². The third-order valence-corrected chi connectivity index (χ3v) is 4.74. The van der Waals surface area contributed by atoms with Gasteiger partial charge in [-0.1, -0.05) is 20.3 Å². The maximum atomic E-state index is 12.8. The van der Waals surface area contributed by atoms with Crippen molar-refractivity contribution in [3.8, 4) is 0 Å². The molecule has 1 aliphatic carbocycles. The molecule has 2 fully saturated rings. The fraction of sp³-hybridized carbons (Fsp3) is 0.867. The van der Waals surface area contributed by atoms with Gasteiger partial charge in [-0.15, -0.1) is 0 Å². The van der Waals surface area contributed by atoms with E-state index in [1.54, 1.807) is 0 Å². The number of carbonyl (C=O) groups is 2. The lowest BCUT2D eigenvalue weighted by molar-refractivity contribution is -0.137. The van der Waals surface area contributed by atoms with E-state index in [4.69, 9.17) is 0 Å². The van der Waals surface area contributed by atoms with Crippen LogP contribution in [0.25, 0.3) is 0 Å². The van der Waals surface area contributed by atoms with Gasteiger partial charge in [0.25, 0.3) is 0 Å². The summed E-state index contributed by atoms with van der Waals surface area (Å²) < 4.78 is 4.64. The lowest BCUT2D eigenvalue weighted by atomic mass is 10.0. The van der Waals surface area contributed by atoms with Gasteiger partial charge < -0.3 is 15.0 Å². The second-order valence-corrected chi connectivity index (χ2v) is 6.45. The minimum Gasteiger partial charge on any atom is -0.453 e. The Labute approximate surface area is 121 Å². The zero-order valence-electron chi connectivity index (χ0n) is 12.9. The number of hydrogen-bond donors (Lipinski definition) is 1. The first-order valence-electron chi connectivity index (χ1n) is 7.62. The zero-order chi connectivity index (χ0) is 14.9. The van der Waals surface area contributed by atoms with Crippen LogP contribution in [0.2, 0.25) is 0 Å². The smallest absolute Gasteiger partial charge is 0.407 e. The normalized spacial score (nSPS) is 30.2. The van der Waals surface area contributed by atoms with Gasteiger partial charge in [-0.2, -0.15) is 0 Å². The van der Waals surface area contributed by atoms with Crippen molar-refractivity contribution in [2.75, 3.05) is 7.11 Å². The minimum atomic E-state index is -0.535. The quantitative estimate of drug-likeness (QED) is 0.863. The number of likely N-dealkylation sites (tertiary alicyclic amines) is 1. The molecule has 1 N–H and O–H groups in total. The largest absolute Gasteiger partial charge is 0.453 e. The van der Waals surface area contributed by atoms with E-state index in [-0.39, 0.29) is 17.9 Å². The van der Waals surface area contributed by atoms with Crippen LogP contribution >= 0.6 is 0 Å². The second-order valence-electron chi connectivity index (χ2n) is 6.45. The SMILES string of the molecule is COC(=O)N[C@H](C(=O)N1[C@H](C)CC2CCC[C@@H]21)C(C)C. The summed E-state index contributed by atoms with van der Waals surface area (Å²) in [5, 5.41) is 2.69. The molecule has 5 heteroatoms. The van der Waals surface area contributed by atoms with Gasteiger partial charge in [0, 0.05) is 12.1 Å². The number of nitrogens with one attached hydrogen (secondary N) is 1. The number of ether oxygens (including phenoxy) is 1. The number of fused-ring (bicyclic) bond motifs is 1. The van der Waals surface area contributed by atoms with Gasteiger partial charge in [-0.25, -0.2) is 4.79 Å². The Balaban J connectivity index is 2.12. The summed E-state index contributed by atoms with van der Waals surface area (Å²) in [5.74, 6) is 0.751. The van der Waals surface area contributed by atoms with Gasteiger partial charge >= 0.3 is 6.09 Å². The molecule has 2 rings (SSSR count). The van der Waals surface area contributed by atoms with Crippen LogP contribution in [0.3, 0.4) is 0 Å². The molecule has 1 saturated carbocycles. The Kier molecular flexibility index (Phi) is 4.55. The van der Waals surface area contributed by atoms with E-state index in [0.717, 1.165) is 12.8 Å². The lowest BCUT2D eigenvalue weighted by Gasteiger charge is -2.33. The lowest BCUT2D eigenvalue weighted by Crippen LogP contribution is -2.54. The first-order valence-corrected chi connectivity index (χ1v) is 7.62. The molecular weight excluding hydrogens is 256 g/mol. The van der Waals surface area contributed by atoms with Crippen molar-refractivity contribution in [1.82, 2.24) is 10.2 Å². The Morgan fingerprint density at radius 1 is 1.30 bits per heavy atom. The van der Waals surface area contributed by atoms with Crippen LogP contribution in [0.1, 0.15) is 46.5 Å². The molecule has 2 amide bonds. The molecule has 2 aliphatic rings. The summed E-state index contributed by atoms with van der Waals surface area (Å²) in [7, 11) is 1.32. The zero-order valence-corrected chi connectivity index (χ0v) is 12.9. The number of hydrogen-bond acceptors (Lipinski definition) is 3. The highest BCUT2D eigenvalue weighted by molar-refractivity contribution is 5.86. The molecule has 0 aromatic heterocycles. The van der Waals surface area contributed by atoms with Gasteiger partial charge in [0.05, 0.1) is 7.11 Å². The predicted octanol–water partition coefficient (Wildman–Crippen LogP) is 2.16. The number of amides is 2. The fourth-order valence-corrected chi connectivity index (χ4v) is 3.78. The monoisotopic (exact) mass is 282 g/mol. The van der Waals surface area contributed by atoms with Crippen LogP contribution in [0.15, 0.2) is 0 Å². The van der Waals surface area contributed by atoms with Gasteiger partial charge in [0.15, 0.2) is 0 Å². The van der Waals surface area contributed by atoms with E-state index in [9.17, 15) is 9.59 Å². The number of alkyl carbamates (subject to hydrolysis) is 1. The molecule has 20 heavy (non-hydrogen) atoms. The van der Waals surface area contributed by atoms with E-state index in [2.05, 4.69) is 17.0 Å². The maximum Gasteiger partial charge on any atom is 0.407 e. The van der Waals surface area contributed by atoms with Crippen LogP contribution in [0, 0.1) is 11.8 Å². The van der Waals surface area contributed by atoms with Crippen LogP contribution in [-0.4, -0.2) is 42.1 Å². The fourth-order valence-electron chi connectivity index (χ4n) is 3.78. The highest BCUT2D eigenvalue weighted by atomic mass is 16.5. The Morgan fingerprint density at radius 2 is 2.00 bits per heavy atom. The van der Waals surface area contributed by atoms with Gasteiger partial charge in [-0.3, -0.25) is 4.79 Å². The van der Waals surface area contributed by atoms with E-state index >= 15 is 0 Å². The first kappa shape index (κ1) is 15.1. The predicted molar refractivity (Wildman–Crippen MR) is 76.2 cm³/mol. The van der Waals surface area contributed by atoms with Crippen LogP contribution in [-0.2, 0) is 9.53 Å². The molecule has 0 spiro atoms. The van der Waals surface area contributed by atoms with E-state index in [0.29, 0.717) is 12.0 Å². The molecule has 1 aliphatic heterocycles. The molecular formula is C15H26N2O3. The number of rotatable bonds is 3. The molecule has 1 saturated heterocycles. The standard InChI is InChI=1S/C15H26N2O3/c1-9(2)13(16-15(19)20-4)14(18)17-10(3)8-11-6-5-7-12(11)17/h9-13H,5-8H2,1-4H3,(H,16,19)/t10-,11?,12+,13+/m1/s1. The Morgan fingerprint density at radius 3 is 2.60 bits per heavy atom. The highest BCUT2D eigenvalue weighted by Crippen LogP contribution is 2.41. The van der Waals surface area contributed by atoms with Crippen molar-refractivity contribution < 1.29 is 14.3 Å². The average Bonchev–Trinajstić information content (AvgIpc) is 2.94. The maximum absolute atomic E-state index is 12.8. The van der Waals surface area contributed by atoms with Gasteiger partial charge in [0.1, 0.15) is 6.04 Å². The Hall–Kier alpha value is -1.26.